The summed E-state index contributed by atoms with van der Waals surface area (Å²) >= 11 is 27.2. The first-order valence-electron chi connectivity index (χ1n) is 46.7. The third kappa shape index (κ3) is 27.3. The zero-order chi connectivity index (χ0) is 98.8. The van der Waals surface area contributed by atoms with Gasteiger partial charge in [-0.15, -0.1) is 11.3 Å². The van der Waals surface area contributed by atoms with Crippen molar-refractivity contribution in [2.24, 2.45) is 5.92 Å². The molecule has 18 nitrogen and oxygen atoms in total. The Hall–Kier alpha value is -9.25. The van der Waals surface area contributed by atoms with Crippen molar-refractivity contribution in [2.45, 2.75) is 199 Å². The number of nitrogens with one attached hydrogen (secondary N) is 5. The Morgan fingerprint density at radius 1 is 0.377 bits per heavy atom. The molecule has 2 aromatic heterocycles. The molecule has 8 aromatic carbocycles. The number of fused-ring (bicyclic) bond motifs is 3. The molecule has 10 atom stereocenters. The van der Waals surface area contributed by atoms with Crippen LogP contribution in [0.1, 0.15) is 235 Å². The van der Waals surface area contributed by atoms with Crippen molar-refractivity contribution in [1.82, 2.24) is 55.4 Å². The van der Waals surface area contributed by atoms with Gasteiger partial charge in [0.25, 0.3) is 29.5 Å². The van der Waals surface area contributed by atoms with E-state index in [1.807, 2.05) is 145 Å². The normalized spacial score (nSPS) is 21.1. The van der Waals surface area contributed by atoms with Crippen LogP contribution >= 0.6 is 69.1 Å². The predicted octanol–water partition coefficient (Wildman–Crippen LogP) is 23.8. The lowest BCUT2D eigenvalue weighted by Crippen LogP contribution is -2.54. The molecule has 10 aromatic rings. The number of piperidine rings is 7. The predicted molar refractivity (Wildman–Crippen MR) is 528 cm³/mol. The van der Waals surface area contributed by atoms with E-state index in [9.17, 15) is 71.9 Å². The number of nitrogens with zero attached hydrogens (tertiary/aromatic N) is 6. The van der Waals surface area contributed by atoms with Crippen LogP contribution in [-0.2, 0) is 28.6 Å². The molecule has 18 rings (SSSR count). The first-order chi connectivity index (χ1) is 66.0. The van der Waals surface area contributed by atoms with E-state index < -0.39 is 83.9 Å². The lowest BCUT2D eigenvalue weighted by Gasteiger charge is -2.48. The molecule has 8 aliphatic rings. The summed E-state index contributed by atoms with van der Waals surface area (Å²) < 4.78 is 147. The lowest BCUT2D eigenvalue weighted by atomic mass is 9.79. The minimum absolute atomic E-state index is 0.0102. The number of carbonyl (C=O) groups is 5. The van der Waals surface area contributed by atoms with Gasteiger partial charge in [-0.25, -0.2) is 8.42 Å². The summed E-state index contributed by atoms with van der Waals surface area (Å²) in [5.74, 6) is -1.39. The fourth-order valence-corrected chi connectivity index (χ4v) is 23.4. The highest BCUT2D eigenvalue weighted by atomic mass is 35.5. The molecule has 5 N–H and O–H groups in total. The van der Waals surface area contributed by atoms with Crippen LogP contribution in [0.15, 0.2) is 233 Å². The minimum Gasteiger partial charge on any atom is -0.344 e. The van der Waals surface area contributed by atoms with E-state index >= 15 is 0 Å². The minimum atomic E-state index is -4.94. The third-order valence-electron chi connectivity index (χ3n) is 27.2. The molecule has 738 valence electrons. The number of alkyl halides is 9. The number of likely N-dealkylation sites (tertiary alicyclic amines) is 4. The van der Waals surface area contributed by atoms with Gasteiger partial charge in [-0.05, 0) is 268 Å². The van der Waals surface area contributed by atoms with Crippen LogP contribution in [0.25, 0.3) is 0 Å². The van der Waals surface area contributed by atoms with Crippen molar-refractivity contribution in [2.75, 3.05) is 74.5 Å². The number of hydrogen-bond acceptors (Lipinski definition) is 14. The van der Waals surface area contributed by atoms with Crippen molar-refractivity contribution in [1.29, 1.82) is 0 Å². The molecule has 34 heteroatoms. The Labute approximate surface area is 829 Å². The maximum absolute atomic E-state index is 14.0. The summed E-state index contributed by atoms with van der Waals surface area (Å²) in [6.45, 7) is 5.90. The van der Waals surface area contributed by atoms with E-state index in [0.29, 0.717) is 46.5 Å². The summed E-state index contributed by atoms with van der Waals surface area (Å²) in [4.78, 5) is 75.8. The zero-order valence-corrected chi connectivity index (χ0v) is 82.8. The SMILES string of the molecule is CN1CCCCC1C(NC(=O)c1ccc(S(=O)(=O)N(C)C2CC2)c(C(F)(F)F)c1)c1ccccc1.CN1CCCCC1C(NC(=O)c1cccc(C(F)(F)F)c1Cl)c1ccsc1.CN1CCCCC1C(NC(=O)c1cccs1)c1ccccc1.CN1CCCC[C@H]1[C@@H](NC(=O)c1cccc(Cl)c1Cl)c1ccccc1.O=C(N[C@@H](c1ccccc1)[C@@H]1CC2CCN1CC2)c1cccc(C(F)(F)F)c1Cl. The van der Waals surface area contributed by atoms with E-state index in [1.165, 1.54) is 85.2 Å². The van der Waals surface area contributed by atoms with Crippen molar-refractivity contribution in [3.05, 3.63) is 320 Å². The van der Waals surface area contributed by atoms with Crippen molar-refractivity contribution in [3.8, 4) is 0 Å². The fourth-order valence-electron chi connectivity index (χ4n) is 19.5. The Bertz CT molecular complexity index is 5800. The van der Waals surface area contributed by atoms with Gasteiger partial charge in [0.05, 0.1) is 93.5 Å². The average Bonchev–Trinajstić information content (AvgIpc) is 1.41. The van der Waals surface area contributed by atoms with E-state index in [1.54, 1.807) is 18.2 Å². The van der Waals surface area contributed by atoms with Crippen LogP contribution in [0.4, 0.5) is 39.5 Å². The second kappa shape index (κ2) is 48.5. The molecule has 1 saturated carbocycles. The largest absolute Gasteiger partial charge is 0.417 e. The number of amides is 5. The van der Waals surface area contributed by atoms with Gasteiger partial charge in [0.1, 0.15) is 0 Å². The first-order valence-corrected chi connectivity index (χ1v) is 51.4. The second-order valence-corrected chi connectivity index (χ2v) is 41.5. The van der Waals surface area contributed by atoms with Crippen LogP contribution in [0, 0.1) is 5.92 Å². The lowest BCUT2D eigenvalue weighted by molar-refractivity contribution is -0.140. The second-order valence-electron chi connectivity index (χ2n) is 36.3. The van der Waals surface area contributed by atoms with Crippen LogP contribution in [0.5, 0.6) is 0 Å². The van der Waals surface area contributed by atoms with Gasteiger partial charge in [-0.1, -0.05) is 218 Å². The van der Waals surface area contributed by atoms with Crippen LogP contribution < -0.4 is 26.6 Å². The highest BCUT2D eigenvalue weighted by Crippen LogP contribution is 2.45. The van der Waals surface area contributed by atoms with Gasteiger partial charge in [-0.3, -0.25) is 28.9 Å². The molecule has 5 amide bonds. The molecule has 7 saturated heterocycles. The highest BCUT2D eigenvalue weighted by molar-refractivity contribution is 7.89. The molecule has 6 unspecified atom stereocenters. The quantitative estimate of drug-likeness (QED) is 0.0380. The van der Waals surface area contributed by atoms with Crippen molar-refractivity contribution < 1.29 is 71.9 Å². The number of thiophene rings is 2. The number of benzene rings is 8. The van der Waals surface area contributed by atoms with Gasteiger partial charge in [0, 0.05) is 48.9 Å². The van der Waals surface area contributed by atoms with Crippen LogP contribution in [0.2, 0.25) is 20.1 Å². The standard InChI is InChI=1S/C25H30F3N3O3S.C22H22ClF3N2O.C20H22Cl2N2O.C19H20ClF3N2OS.C18H22N2OS/c1-30-15-7-6-10-21(30)23(17-8-4-3-5-9-17)29-24(32)18-11-14-22(20(16-18)25(26,27)28)35(33,34)31(2)19-12-13-19;23-19-16(7-4-8-17(19)22(24,25)26)21(29)27-20(15-5-2-1-3-6-15)18-13-14-9-11-28(18)12-10-14;1-24-13-6-5-12-17(24)19(14-8-3-2-4-9-14)23-20(25)15-10-7-11-16(21)18(15)22;1-25-9-3-2-7-15(25)17(12-8-10-27-11-12)24-18(26)13-5-4-6-14(16(13)20)19(21,22)23;1-20-12-6-5-10-15(20)17(14-8-3-2-4-9-14)19-18(21)16-11-7-13-22-16/h3-5,8-9,11,14,16,19,21,23H,6-7,10,12-13,15H2,1-2H3,(H,29,32);1-8,14,18,20H,9-13H2,(H,27,29);2-4,7-11,17,19H,5-6,12-13H2,1H3,(H,23,25);4-6,8,10-11,15,17H,2-3,7,9H2,1H3,(H,24,26);2-4,7-9,11,13,15,17H,5-6,10,12H2,1H3,(H,19,21)/t;18-,20-;17-,19-;;/m.00../s1. The molecule has 2 bridgehead atoms. The summed E-state index contributed by atoms with van der Waals surface area (Å²) in [7, 11) is 5.21. The molecule has 8 fully saturated rings. The van der Waals surface area contributed by atoms with Crippen LogP contribution in [-0.4, -0.2) is 178 Å². The number of rotatable bonds is 23. The number of hydrogen-bond donors (Lipinski definition) is 5. The number of sulfonamides is 1. The Kier molecular flexibility index (Phi) is 37.3. The zero-order valence-electron chi connectivity index (χ0n) is 77.3. The Morgan fingerprint density at radius 3 is 1.09 bits per heavy atom. The van der Waals surface area contributed by atoms with E-state index in [4.69, 9.17) is 46.4 Å². The first kappa shape index (κ1) is 106. The molecule has 1 aliphatic carbocycles. The van der Waals surface area contributed by atoms with Gasteiger partial charge in [0.2, 0.25) is 10.0 Å². The monoisotopic (exact) mass is 2040 g/mol. The Balaban J connectivity index is 0.000000147. The molecule has 138 heavy (non-hydrogen) atoms. The smallest absolute Gasteiger partial charge is 0.344 e. The number of carbonyl (C=O) groups excluding carboxylic acids is 5. The summed E-state index contributed by atoms with van der Waals surface area (Å²) in [6.07, 6.45) is 3.33. The van der Waals surface area contributed by atoms with E-state index in [0.717, 1.165) is 166 Å². The Morgan fingerprint density at radius 2 is 0.746 bits per heavy atom. The van der Waals surface area contributed by atoms with Crippen molar-refractivity contribution >= 4 is 109 Å². The van der Waals surface area contributed by atoms with E-state index in [2.05, 4.69) is 89.4 Å². The highest BCUT2D eigenvalue weighted by Gasteiger charge is 2.46. The maximum Gasteiger partial charge on any atom is 0.417 e. The molecule has 9 heterocycles. The van der Waals surface area contributed by atoms with Gasteiger partial charge < -0.3 is 46.2 Å². The average molecular weight is 2040 g/mol. The molecular formula is C104H116Cl4F9N11O7S3. The van der Waals surface area contributed by atoms with Crippen LogP contribution in [0.3, 0.4) is 0 Å². The fraction of sp³-hybridized carbons (Fsp3) is 0.413. The number of likely N-dealkylation sites (N-methyl/N-ethyl adjacent to an activating group) is 4. The summed E-state index contributed by atoms with van der Waals surface area (Å²) in [5, 5.41) is 20.7. The molecule has 0 spiro atoms. The summed E-state index contributed by atoms with van der Waals surface area (Å²) in [6, 6.07) is 59.3. The van der Waals surface area contributed by atoms with Crippen molar-refractivity contribution in [3.63, 3.8) is 0 Å². The van der Waals surface area contributed by atoms with Gasteiger partial charge in [0.15, 0.2) is 0 Å². The van der Waals surface area contributed by atoms with Gasteiger partial charge >= 0.3 is 18.5 Å². The topological polar surface area (TPSA) is 199 Å². The van der Waals surface area contributed by atoms with E-state index in [-0.39, 0.29) is 82.9 Å². The number of halogens is 13. The molecular weight excluding hydrogens is 1920 g/mol. The maximum atomic E-state index is 14.0. The third-order valence-corrected chi connectivity index (χ3v) is 32.4. The van der Waals surface area contributed by atoms with Gasteiger partial charge in [-0.2, -0.15) is 55.2 Å². The molecule has 0 radical (unpaired) electrons. The molecule has 7 aliphatic heterocycles. The summed E-state index contributed by atoms with van der Waals surface area (Å²) in [5.41, 5.74) is 1.59.